The summed E-state index contributed by atoms with van der Waals surface area (Å²) in [7, 11) is -2.63. The van der Waals surface area contributed by atoms with E-state index in [0.29, 0.717) is 0 Å². The highest BCUT2D eigenvalue weighted by atomic mass is 31.2. The molecule has 5 heteroatoms. The van der Waals surface area contributed by atoms with Gasteiger partial charge in [0.15, 0.2) is 0 Å². The number of halogens is 2. The van der Waals surface area contributed by atoms with E-state index < -0.39 is 24.5 Å². The lowest BCUT2D eigenvalue weighted by Crippen LogP contribution is -2.08. The third-order valence-corrected chi connectivity index (χ3v) is 3.19. The second-order valence-electron chi connectivity index (χ2n) is 3.17. The van der Waals surface area contributed by atoms with Crippen molar-refractivity contribution in [2.24, 2.45) is 0 Å². The second-order valence-corrected chi connectivity index (χ2v) is 6.39. The lowest BCUT2D eigenvalue weighted by Gasteiger charge is -2.08. The molecule has 0 unspecified atom stereocenters. The summed E-state index contributed by atoms with van der Waals surface area (Å²) < 4.78 is 37.2. The van der Waals surface area contributed by atoms with Crippen molar-refractivity contribution in [2.75, 3.05) is 19.1 Å². The van der Waals surface area contributed by atoms with Crippen molar-refractivity contribution < 1.29 is 13.3 Å². The van der Waals surface area contributed by atoms with Gasteiger partial charge in [-0.3, -0.25) is 0 Å². The first-order chi connectivity index (χ1) is 5.82. The average Bonchev–Trinajstić information content (AvgIpc) is 1.97. The summed E-state index contributed by atoms with van der Waals surface area (Å²) in [6.45, 7) is 2.88. The van der Waals surface area contributed by atoms with E-state index in [9.17, 15) is 13.3 Å². The van der Waals surface area contributed by atoms with E-state index in [-0.39, 0.29) is 5.30 Å². The van der Waals surface area contributed by atoms with Crippen molar-refractivity contribution in [3.8, 4) is 0 Å². The number of hydrogen-bond acceptors (Lipinski definition) is 2. The summed E-state index contributed by atoms with van der Waals surface area (Å²) in [4.78, 5) is 0. The van der Waals surface area contributed by atoms with Gasteiger partial charge in [-0.05, 0) is 25.5 Å². The van der Waals surface area contributed by atoms with Gasteiger partial charge in [0, 0.05) is 5.30 Å². The predicted molar refractivity (Wildman–Crippen MR) is 49.9 cm³/mol. The van der Waals surface area contributed by atoms with Gasteiger partial charge in [-0.2, -0.15) is 0 Å². The fourth-order valence-electron chi connectivity index (χ4n) is 0.882. The van der Waals surface area contributed by atoms with Crippen LogP contribution in [0.2, 0.25) is 0 Å². The molecule has 0 heterocycles. The Morgan fingerprint density at radius 2 is 1.62 bits per heavy atom. The number of hydrogen-bond donors (Lipinski definition) is 1. The van der Waals surface area contributed by atoms with Crippen LogP contribution in [-0.4, -0.2) is 13.3 Å². The Morgan fingerprint density at radius 1 is 1.23 bits per heavy atom. The van der Waals surface area contributed by atoms with Crippen molar-refractivity contribution in [1.82, 2.24) is 0 Å². The fourth-order valence-corrected chi connectivity index (χ4v) is 1.73. The summed E-state index contributed by atoms with van der Waals surface area (Å²) in [5, 5.41) is 0.164. The van der Waals surface area contributed by atoms with Crippen LogP contribution < -0.4 is 11.0 Å². The highest BCUT2D eigenvalue weighted by molar-refractivity contribution is 7.70. The molecule has 0 atom stereocenters. The van der Waals surface area contributed by atoms with E-state index >= 15 is 0 Å². The van der Waals surface area contributed by atoms with Crippen LogP contribution in [0.4, 0.5) is 14.5 Å². The third-order valence-electron chi connectivity index (χ3n) is 1.69. The van der Waals surface area contributed by atoms with E-state index in [0.717, 1.165) is 12.1 Å². The highest BCUT2D eigenvalue weighted by Gasteiger charge is 2.16. The number of rotatable bonds is 1. The Morgan fingerprint density at radius 3 is 1.92 bits per heavy atom. The summed E-state index contributed by atoms with van der Waals surface area (Å²) in [6, 6.07) is 2.03. The van der Waals surface area contributed by atoms with Gasteiger partial charge in [0.2, 0.25) is 0 Å². The maximum atomic E-state index is 12.9. The highest BCUT2D eigenvalue weighted by Crippen LogP contribution is 2.35. The Hall–Kier alpha value is -0.890. The molecule has 1 rings (SSSR count). The summed E-state index contributed by atoms with van der Waals surface area (Å²) in [6.07, 6.45) is 0. The van der Waals surface area contributed by atoms with Crippen LogP contribution >= 0.6 is 7.14 Å². The van der Waals surface area contributed by atoms with Gasteiger partial charge in [-0.1, -0.05) is 0 Å². The Balaban J connectivity index is 3.38. The molecule has 1 aromatic carbocycles. The molecule has 2 nitrogen and oxygen atoms in total. The average molecular weight is 205 g/mol. The second kappa shape index (κ2) is 3.11. The van der Waals surface area contributed by atoms with Gasteiger partial charge in [-0.15, -0.1) is 0 Å². The minimum absolute atomic E-state index is 0.164. The molecule has 72 valence electrons. The minimum atomic E-state index is -2.63. The van der Waals surface area contributed by atoms with E-state index in [2.05, 4.69) is 0 Å². The first kappa shape index (κ1) is 10.2. The molecule has 0 saturated carbocycles. The zero-order valence-electron chi connectivity index (χ0n) is 7.34. The van der Waals surface area contributed by atoms with E-state index in [4.69, 9.17) is 5.73 Å². The van der Waals surface area contributed by atoms with E-state index in [1.165, 1.54) is 13.3 Å². The van der Waals surface area contributed by atoms with Crippen LogP contribution in [0, 0.1) is 11.6 Å². The number of nitrogen functional groups attached to an aromatic ring is 1. The van der Waals surface area contributed by atoms with Gasteiger partial charge in [-0.25, -0.2) is 8.78 Å². The van der Waals surface area contributed by atoms with Gasteiger partial charge in [0.05, 0.1) is 0 Å². The molecule has 0 fully saturated rings. The summed E-state index contributed by atoms with van der Waals surface area (Å²) >= 11 is 0. The molecule has 0 aromatic heterocycles. The van der Waals surface area contributed by atoms with E-state index in [1.807, 2.05) is 0 Å². The maximum absolute atomic E-state index is 12.9. The molecule has 0 bridgehead atoms. The lowest BCUT2D eigenvalue weighted by molar-refractivity contribution is 0.583. The largest absolute Gasteiger partial charge is 0.394 e. The standard InChI is InChI=1S/C8H10F2NOP/c1-13(2,12)5-3-6(9)8(11)7(10)4-5/h3-4H,11H2,1-2H3. The SMILES string of the molecule is CP(C)(=O)c1cc(F)c(N)c(F)c1. The summed E-state index contributed by atoms with van der Waals surface area (Å²) in [5.41, 5.74) is 4.52. The first-order valence-corrected chi connectivity index (χ1v) is 6.22. The van der Waals surface area contributed by atoms with Crippen molar-refractivity contribution in [3.05, 3.63) is 23.8 Å². The predicted octanol–water partition coefficient (Wildman–Crippen LogP) is 1.79. The molecule has 0 saturated heterocycles. The maximum Gasteiger partial charge on any atom is 0.149 e. The zero-order chi connectivity index (χ0) is 10.2. The Labute approximate surface area is 75.1 Å². The van der Waals surface area contributed by atoms with E-state index in [1.54, 1.807) is 0 Å². The molecule has 2 N–H and O–H groups in total. The quantitative estimate of drug-likeness (QED) is 0.561. The van der Waals surface area contributed by atoms with Crippen molar-refractivity contribution in [2.45, 2.75) is 0 Å². The molecule has 0 aliphatic heterocycles. The smallest absolute Gasteiger partial charge is 0.149 e. The topological polar surface area (TPSA) is 43.1 Å². The van der Waals surface area contributed by atoms with Crippen molar-refractivity contribution >= 4 is 18.1 Å². The molecule has 0 aliphatic rings. The number of anilines is 1. The molecule has 0 spiro atoms. The Bertz CT molecular complexity index is 363. The summed E-state index contributed by atoms with van der Waals surface area (Å²) in [5.74, 6) is -1.72. The third kappa shape index (κ3) is 2.07. The number of benzene rings is 1. The van der Waals surface area contributed by atoms with Crippen LogP contribution in [-0.2, 0) is 4.57 Å². The number of nitrogens with two attached hydrogens (primary N) is 1. The molecular weight excluding hydrogens is 195 g/mol. The monoisotopic (exact) mass is 205 g/mol. The minimum Gasteiger partial charge on any atom is -0.394 e. The molecule has 0 aliphatic carbocycles. The van der Waals surface area contributed by atoms with Crippen molar-refractivity contribution in [3.63, 3.8) is 0 Å². The first-order valence-electron chi connectivity index (χ1n) is 3.62. The molecule has 13 heavy (non-hydrogen) atoms. The Kier molecular flexibility index (Phi) is 2.44. The van der Waals surface area contributed by atoms with Crippen LogP contribution in [0.3, 0.4) is 0 Å². The molecule has 1 aromatic rings. The van der Waals surface area contributed by atoms with Gasteiger partial charge in [0.1, 0.15) is 24.5 Å². The lowest BCUT2D eigenvalue weighted by atomic mass is 10.3. The zero-order valence-corrected chi connectivity index (χ0v) is 8.24. The van der Waals surface area contributed by atoms with Crippen molar-refractivity contribution in [1.29, 1.82) is 0 Å². The molecular formula is C8H10F2NOP. The van der Waals surface area contributed by atoms with Gasteiger partial charge >= 0.3 is 0 Å². The van der Waals surface area contributed by atoms with Crippen LogP contribution in [0.1, 0.15) is 0 Å². The molecule has 0 radical (unpaired) electrons. The molecule has 0 amide bonds. The van der Waals surface area contributed by atoms with Gasteiger partial charge < -0.3 is 10.3 Å². The van der Waals surface area contributed by atoms with Crippen LogP contribution in [0.25, 0.3) is 0 Å². The van der Waals surface area contributed by atoms with Crippen LogP contribution in [0.5, 0.6) is 0 Å². The van der Waals surface area contributed by atoms with Gasteiger partial charge in [0.25, 0.3) is 0 Å². The normalized spacial score (nSPS) is 11.7. The van der Waals surface area contributed by atoms with Crippen LogP contribution in [0.15, 0.2) is 12.1 Å². The fraction of sp³-hybridized carbons (Fsp3) is 0.250.